The van der Waals surface area contributed by atoms with E-state index in [4.69, 9.17) is 0 Å². The van der Waals surface area contributed by atoms with Crippen LogP contribution in [0.2, 0.25) is 0 Å². The molecule has 1 atom stereocenters. The molecule has 2 aromatic rings. The van der Waals surface area contributed by atoms with Gasteiger partial charge in [0.05, 0.1) is 6.04 Å². The Bertz CT molecular complexity index is 446. The van der Waals surface area contributed by atoms with Crippen molar-refractivity contribution in [1.82, 2.24) is 15.0 Å². The Balaban J connectivity index is 2.13. The Hall–Kier alpha value is -1.56. The van der Waals surface area contributed by atoms with E-state index in [9.17, 15) is 4.39 Å². The van der Waals surface area contributed by atoms with Crippen molar-refractivity contribution in [2.75, 3.05) is 5.32 Å². The molecule has 0 radical (unpaired) electrons. The summed E-state index contributed by atoms with van der Waals surface area (Å²) >= 11 is 1.57. The van der Waals surface area contributed by atoms with Crippen molar-refractivity contribution in [3.63, 3.8) is 0 Å². The zero-order chi connectivity index (χ0) is 11.4. The summed E-state index contributed by atoms with van der Waals surface area (Å²) in [6.07, 6.45) is 3.82. The summed E-state index contributed by atoms with van der Waals surface area (Å²) in [5.74, 6) is -0.0546. The average molecular weight is 238 g/mol. The molecule has 0 aromatic carbocycles. The molecule has 84 valence electrons. The first kappa shape index (κ1) is 10.9. The van der Waals surface area contributed by atoms with E-state index in [1.165, 1.54) is 12.4 Å². The average Bonchev–Trinajstić information content (AvgIpc) is 2.79. The molecule has 4 nitrogen and oxygen atoms in total. The van der Waals surface area contributed by atoms with Gasteiger partial charge < -0.3 is 5.32 Å². The number of thiazole rings is 1. The van der Waals surface area contributed by atoms with Gasteiger partial charge in [-0.15, -0.1) is 11.3 Å². The van der Waals surface area contributed by atoms with E-state index in [2.05, 4.69) is 20.3 Å². The van der Waals surface area contributed by atoms with Crippen LogP contribution in [0.3, 0.4) is 0 Å². The van der Waals surface area contributed by atoms with Crippen molar-refractivity contribution in [2.24, 2.45) is 0 Å². The van der Waals surface area contributed by atoms with Crippen LogP contribution in [0.4, 0.5) is 10.2 Å². The summed E-state index contributed by atoms with van der Waals surface area (Å²) in [4.78, 5) is 11.6. The molecule has 1 unspecified atom stereocenters. The van der Waals surface area contributed by atoms with E-state index in [1.54, 1.807) is 17.5 Å². The third-order valence-corrected chi connectivity index (χ3v) is 3.00. The summed E-state index contributed by atoms with van der Waals surface area (Å²) in [6.45, 7) is 2.04. The Morgan fingerprint density at radius 2 is 2.31 bits per heavy atom. The first-order chi connectivity index (χ1) is 7.79. The predicted molar refractivity (Wildman–Crippen MR) is 60.8 cm³/mol. The maximum atomic E-state index is 12.9. The van der Waals surface area contributed by atoms with E-state index in [0.29, 0.717) is 5.82 Å². The third kappa shape index (κ3) is 2.52. The van der Waals surface area contributed by atoms with Crippen LogP contribution in [-0.4, -0.2) is 15.0 Å². The minimum absolute atomic E-state index is 0.0642. The summed E-state index contributed by atoms with van der Waals surface area (Å²) in [5.41, 5.74) is 0. The number of hydrogen-bond acceptors (Lipinski definition) is 5. The number of aromatic nitrogens is 3. The number of anilines is 1. The Morgan fingerprint density at radius 1 is 1.44 bits per heavy atom. The van der Waals surface area contributed by atoms with E-state index in [0.717, 1.165) is 11.4 Å². The zero-order valence-electron chi connectivity index (χ0n) is 8.72. The van der Waals surface area contributed by atoms with Crippen LogP contribution in [0.15, 0.2) is 24.0 Å². The first-order valence-corrected chi connectivity index (χ1v) is 5.81. The highest BCUT2D eigenvalue weighted by Gasteiger charge is 2.12. The molecular weight excluding hydrogens is 227 g/mol. The molecule has 0 saturated heterocycles. The molecule has 0 aliphatic heterocycles. The molecule has 6 heteroatoms. The molecule has 0 aliphatic carbocycles. The fraction of sp³-hybridized carbons (Fsp3) is 0.300. The van der Waals surface area contributed by atoms with Gasteiger partial charge in [0.15, 0.2) is 0 Å². The lowest BCUT2D eigenvalue weighted by molar-refractivity contribution is 0.579. The Kier molecular flexibility index (Phi) is 3.40. The fourth-order valence-corrected chi connectivity index (χ4v) is 2.11. The maximum Gasteiger partial charge on any atom is 0.217 e. The monoisotopic (exact) mass is 238 g/mol. The largest absolute Gasteiger partial charge is 0.361 e. The van der Waals surface area contributed by atoms with Crippen molar-refractivity contribution < 1.29 is 4.39 Å². The van der Waals surface area contributed by atoms with Gasteiger partial charge in [-0.1, -0.05) is 6.92 Å². The van der Waals surface area contributed by atoms with Gasteiger partial charge in [-0.3, -0.25) is 0 Å². The smallest absolute Gasteiger partial charge is 0.217 e. The third-order valence-electron chi connectivity index (χ3n) is 2.11. The van der Waals surface area contributed by atoms with Gasteiger partial charge in [-0.05, 0) is 6.42 Å². The SMILES string of the molecule is CCC(Nc1cc(F)ncn1)c1nccs1. The molecule has 2 rings (SSSR count). The minimum atomic E-state index is -0.536. The number of nitrogens with one attached hydrogen (secondary N) is 1. The molecule has 2 aromatic heterocycles. The van der Waals surface area contributed by atoms with Crippen LogP contribution < -0.4 is 5.32 Å². The van der Waals surface area contributed by atoms with Crippen molar-refractivity contribution in [3.05, 3.63) is 34.9 Å². The van der Waals surface area contributed by atoms with E-state index in [1.807, 2.05) is 12.3 Å². The molecule has 0 saturated carbocycles. The molecular formula is C10H11FN4S. The van der Waals surface area contributed by atoms with Crippen molar-refractivity contribution >= 4 is 17.2 Å². The van der Waals surface area contributed by atoms with E-state index < -0.39 is 5.95 Å². The lowest BCUT2D eigenvalue weighted by atomic mass is 10.2. The van der Waals surface area contributed by atoms with Gasteiger partial charge in [0, 0.05) is 17.6 Å². The van der Waals surface area contributed by atoms with Gasteiger partial charge in [-0.25, -0.2) is 15.0 Å². The Morgan fingerprint density at radius 3 is 2.94 bits per heavy atom. The maximum absolute atomic E-state index is 12.9. The van der Waals surface area contributed by atoms with Gasteiger partial charge in [0.1, 0.15) is 17.2 Å². The topological polar surface area (TPSA) is 50.7 Å². The lowest BCUT2D eigenvalue weighted by Crippen LogP contribution is -2.10. The molecule has 0 bridgehead atoms. The van der Waals surface area contributed by atoms with E-state index in [-0.39, 0.29) is 6.04 Å². The quantitative estimate of drug-likeness (QED) is 0.832. The zero-order valence-corrected chi connectivity index (χ0v) is 9.54. The number of hydrogen-bond donors (Lipinski definition) is 1. The first-order valence-electron chi connectivity index (χ1n) is 4.93. The molecule has 2 heterocycles. The molecule has 1 N–H and O–H groups in total. The van der Waals surface area contributed by atoms with Crippen LogP contribution in [-0.2, 0) is 0 Å². The Labute approximate surface area is 96.6 Å². The second-order valence-corrected chi connectivity index (χ2v) is 4.13. The molecule has 0 spiro atoms. The molecule has 0 fully saturated rings. The second-order valence-electron chi connectivity index (χ2n) is 3.20. The summed E-state index contributed by atoms with van der Waals surface area (Å²) in [6, 6.07) is 1.34. The minimum Gasteiger partial charge on any atom is -0.361 e. The number of halogens is 1. The number of rotatable bonds is 4. The van der Waals surface area contributed by atoms with Gasteiger partial charge in [0.25, 0.3) is 0 Å². The standard InChI is InChI=1S/C10H11FN4S/c1-2-7(10-12-3-4-16-10)15-9-5-8(11)13-6-14-9/h3-7H,2H2,1H3,(H,13,14,15). The molecule has 0 aliphatic rings. The van der Waals surface area contributed by atoms with Crippen LogP contribution in [0.1, 0.15) is 24.4 Å². The van der Waals surface area contributed by atoms with Crippen LogP contribution in [0, 0.1) is 5.95 Å². The normalized spacial score (nSPS) is 12.4. The molecule has 16 heavy (non-hydrogen) atoms. The predicted octanol–water partition coefficient (Wildman–Crippen LogP) is 2.64. The highest BCUT2D eigenvalue weighted by atomic mass is 32.1. The lowest BCUT2D eigenvalue weighted by Gasteiger charge is -2.14. The summed E-state index contributed by atoms with van der Waals surface area (Å²) < 4.78 is 12.9. The summed E-state index contributed by atoms with van der Waals surface area (Å²) in [5, 5.41) is 6.02. The van der Waals surface area contributed by atoms with Gasteiger partial charge in [0.2, 0.25) is 5.95 Å². The highest BCUT2D eigenvalue weighted by Crippen LogP contribution is 2.22. The van der Waals surface area contributed by atoms with Crippen LogP contribution >= 0.6 is 11.3 Å². The van der Waals surface area contributed by atoms with Gasteiger partial charge in [-0.2, -0.15) is 4.39 Å². The fourth-order valence-electron chi connectivity index (χ4n) is 1.34. The van der Waals surface area contributed by atoms with E-state index >= 15 is 0 Å². The van der Waals surface area contributed by atoms with Crippen LogP contribution in [0.25, 0.3) is 0 Å². The highest BCUT2D eigenvalue weighted by molar-refractivity contribution is 7.09. The molecule has 0 amide bonds. The van der Waals surface area contributed by atoms with Crippen molar-refractivity contribution in [1.29, 1.82) is 0 Å². The second kappa shape index (κ2) is 4.98. The van der Waals surface area contributed by atoms with Crippen molar-refractivity contribution in [3.8, 4) is 0 Å². The number of nitrogens with zero attached hydrogens (tertiary/aromatic N) is 3. The van der Waals surface area contributed by atoms with Crippen molar-refractivity contribution in [2.45, 2.75) is 19.4 Å². The van der Waals surface area contributed by atoms with Crippen LogP contribution in [0.5, 0.6) is 0 Å². The summed E-state index contributed by atoms with van der Waals surface area (Å²) in [7, 11) is 0. The van der Waals surface area contributed by atoms with Gasteiger partial charge >= 0.3 is 0 Å².